The number of nitrogens with two attached hydrogens (primary N) is 1. The zero-order chi connectivity index (χ0) is 15.2. The van der Waals surface area contributed by atoms with Crippen LogP contribution in [0.5, 0.6) is 0 Å². The van der Waals surface area contributed by atoms with Crippen molar-refractivity contribution in [1.29, 1.82) is 0 Å². The molecule has 3 nitrogen and oxygen atoms in total. The normalized spacial score (nSPS) is 23.6. The summed E-state index contributed by atoms with van der Waals surface area (Å²) in [5, 5.41) is 0. The second-order valence-corrected chi connectivity index (χ2v) is 5.97. The molecule has 0 saturated heterocycles. The van der Waals surface area contributed by atoms with Crippen LogP contribution in [0.1, 0.15) is 44.5 Å². The largest absolute Gasteiger partial charge is 0.449 e. The van der Waals surface area contributed by atoms with E-state index < -0.39 is 12.0 Å². The molecule has 1 aromatic carbocycles. The van der Waals surface area contributed by atoms with Gasteiger partial charge in [-0.3, -0.25) is 0 Å². The van der Waals surface area contributed by atoms with Crippen molar-refractivity contribution in [3.05, 3.63) is 24.0 Å². The van der Waals surface area contributed by atoms with Crippen molar-refractivity contribution in [2.75, 3.05) is 5.73 Å². The quantitative estimate of drug-likeness (QED) is 0.793. The van der Waals surface area contributed by atoms with Gasteiger partial charge in [0.1, 0.15) is 0 Å². The van der Waals surface area contributed by atoms with E-state index in [1.165, 1.54) is 10.6 Å². The number of aromatic nitrogens is 2. The summed E-state index contributed by atoms with van der Waals surface area (Å²) < 4.78 is 41.3. The molecular weight excluding hydrogens is 279 g/mol. The molecule has 6 heteroatoms. The standard InChI is InChI=1S/C15H18F3N3/c1-9-2-5-11(6-3-9)21-13-7-4-10(19)8-12(13)20-14(21)15(16,17)18/h4,7-9,11H,2-3,5-6,19H2,1H3. The van der Waals surface area contributed by atoms with E-state index in [2.05, 4.69) is 11.9 Å². The fourth-order valence-electron chi connectivity index (χ4n) is 3.19. The zero-order valence-corrected chi connectivity index (χ0v) is 11.8. The summed E-state index contributed by atoms with van der Waals surface area (Å²) in [6, 6.07) is 4.65. The lowest BCUT2D eigenvalue weighted by molar-refractivity contribution is -0.147. The Labute approximate surface area is 121 Å². The van der Waals surface area contributed by atoms with Gasteiger partial charge < -0.3 is 10.3 Å². The van der Waals surface area contributed by atoms with Crippen LogP contribution in [0, 0.1) is 5.92 Å². The zero-order valence-electron chi connectivity index (χ0n) is 11.8. The second kappa shape index (κ2) is 4.93. The first-order valence-electron chi connectivity index (χ1n) is 7.21. The van der Waals surface area contributed by atoms with E-state index in [9.17, 15) is 13.2 Å². The van der Waals surface area contributed by atoms with Gasteiger partial charge in [-0.15, -0.1) is 0 Å². The first-order valence-corrected chi connectivity index (χ1v) is 7.21. The Morgan fingerprint density at radius 1 is 1.19 bits per heavy atom. The van der Waals surface area contributed by atoms with Crippen LogP contribution in [0.4, 0.5) is 18.9 Å². The third kappa shape index (κ3) is 2.59. The van der Waals surface area contributed by atoms with Crippen molar-refractivity contribution in [3.63, 3.8) is 0 Å². The number of nitrogen functional groups attached to an aromatic ring is 1. The molecule has 1 heterocycles. The Bertz CT molecular complexity index is 652. The van der Waals surface area contributed by atoms with E-state index in [-0.39, 0.29) is 6.04 Å². The minimum Gasteiger partial charge on any atom is -0.399 e. The summed E-state index contributed by atoms with van der Waals surface area (Å²) in [5.41, 5.74) is 6.93. The SMILES string of the molecule is CC1CCC(n2c(C(F)(F)F)nc3cc(N)ccc32)CC1. The molecule has 0 bridgehead atoms. The first-order chi connectivity index (χ1) is 9.86. The van der Waals surface area contributed by atoms with Gasteiger partial charge in [-0.2, -0.15) is 13.2 Å². The topological polar surface area (TPSA) is 43.8 Å². The van der Waals surface area contributed by atoms with E-state index in [1.54, 1.807) is 12.1 Å². The number of imidazole rings is 1. The van der Waals surface area contributed by atoms with Gasteiger partial charge in [0.2, 0.25) is 5.82 Å². The van der Waals surface area contributed by atoms with Crippen LogP contribution in [0.2, 0.25) is 0 Å². The van der Waals surface area contributed by atoms with Crippen LogP contribution in [-0.4, -0.2) is 9.55 Å². The summed E-state index contributed by atoms with van der Waals surface area (Å²) >= 11 is 0. The molecule has 1 aliphatic carbocycles. The number of benzene rings is 1. The van der Waals surface area contributed by atoms with Gasteiger partial charge in [-0.25, -0.2) is 4.98 Å². The number of rotatable bonds is 1. The summed E-state index contributed by atoms with van der Waals surface area (Å²) in [6.45, 7) is 2.15. The minimum atomic E-state index is -4.45. The van der Waals surface area contributed by atoms with Gasteiger partial charge in [0.05, 0.1) is 11.0 Å². The molecule has 1 aliphatic rings. The van der Waals surface area contributed by atoms with Crippen LogP contribution < -0.4 is 5.73 Å². The Morgan fingerprint density at radius 3 is 2.48 bits per heavy atom. The van der Waals surface area contributed by atoms with Crippen LogP contribution in [-0.2, 0) is 6.18 Å². The van der Waals surface area contributed by atoms with E-state index in [1.807, 2.05) is 0 Å². The van der Waals surface area contributed by atoms with E-state index >= 15 is 0 Å². The minimum absolute atomic E-state index is 0.133. The molecule has 0 aliphatic heterocycles. The lowest BCUT2D eigenvalue weighted by Gasteiger charge is -2.29. The maximum atomic E-state index is 13.3. The number of nitrogens with zero attached hydrogens (tertiary/aromatic N) is 2. The van der Waals surface area contributed by atoms with Gasteiger partial charge in [0.15, 0.2) is 0 Å². The maximum absolute atomic E-state index is 13.3. The average Bonchev–Trinajstić information content (AvgIpc) is 2.78. The predicted molar refractivity (Wildman–Crippen MR) is 75.8 cm³/mol. The molecular formula is C15H18F3N3. The number of fused-ring (bicyclic) bond motifs is 1. The molecule has 2 aromatic rings. The van der Waals surface area contributed by atoms with Crippen molar-refractivity contribution in [3.8, 4) is 0 Å². The second-order valence-electron chi connectivity index (χ2n) is 5.97. The summed E-state index contributed by atoms with van der Waals surface area (Å²) in [4.78, 5) is 3.80. The summed E-state index contributed by atoms with van der Waals surface area (Å²) in [5.74, 6) is -0.219. The van der Waals surface area contributed by atoms with Crippen molar-refractivity contribution in [1.82, 2.24) is 9.55 Å². The monoisotopic (exact) mass is 297 g/mol. The molecule has 114 valence electrons. The highest BCUT2D eigenvalue weighted by molar-refractivity contribution is 5.80. The highest BCUT2D eigenvalue weighted by Crippen LogP contribution is 2.39. The number of halogens is 3. The average molecular weight is 297 g/mol. The van der Waals surface area contributed by atoms with Gasteiger partial charge >= 0.3 is 6.18 Å². The van der Waals surface area contributed by atoms with Crippen LogP contribution in [0.25, 0.3) is 11.0 Å². The summed E-state index contributed by atoms with van der Waals surface area (Å²) in [6.07, 6.45) is -1.01. The first kappa shape index (κ1) is 14.2. The van der Waals surface area contributed by atoms with Crippen LogP contribution >= 0.6 is 0 Å². The van der Waals surface area contributed by atoms with E-state index in [4.69, 9.17) is 5.73 Å². The highest BCUT2D eigenvalue weighted by Gasteiger charge is 2.39. The third-order valence-electron chi connectivity index (χ3n) is 4.32. The molecule has 0 atom stereocenters. The Balaban J connectivity index is 2.14. The lowest BCUT2D eigenvalue weighted by atomic mass is 9.87. The van der Waals surface area contributed by atoms with Gasteiger partial charge in [-0.05, 0) is 49.8 Å². The molecule has 0 spiro atoms. The molecule has 3 rings (SSSR count). The third-order valence-corrected chi connectivity index (χ3v) is 4.32. The fourth-order valence-corrected chi connectivity index (χ4v) is 3.19. The Morgan fingerprint density at radius 2 is 1.86 bits per heavy atom. The molecule has 0 radical (unpaired) electrons. The van der Waals surface area contributed by atoms with Crippen molar-refractivity contribution < 1.29 is 13.2 Å². The van der Waals surface area contributed by atoms with E-state index in [0.717, 1.165) is 25.7 Å². The molecule has 1 aromatic heterocycles. The Kier molecular flexibility index (Phi) is 3.34. The smallest absolute Gasteiger partial charge is 0.399 e. The number of hydrogen-bond donors (Lipinski definition) is 1. The molecule has 21 heavy (non-hydrogen) atoms. The Hall–Kier alpha value is -1.72. The van der Waals surface area contributed by atoms with Crippen molar-refractivity contribution in [2.45, 2.75) is 44.8 Å². The van der Waals surface area contributed by atoms with Gasteiger partial charge in [-0.1, -0.05) is 6.92 Å². The van der Waals surface area contributed by atoms with E-state index in [0.29, 0.717) is 22.6 Å². The maximum Gasteiger partial charge on any atom is 0.449 e. The number of alkyl halides is 3. The van der Waals surface area contributed by atoms with Crippen molar-refractivity contribution >= 4 is 16.7 Å². The van der Waals surface area contributed by atoms with Crippen molar-refractivity contribution in [2.24, 2.45) is 5.92 Å². The van der Waals surface area contributed by atoms with Crippen LogP contribution in [0.3, 0.4) is 0 Å². The molecule has 2 N–H and O–H groups in total. The lowest BCUT2D eigenvalue weighted by Crippen LogP contribution is -2.22. The molecule has 1 saturated carbocycles. The fraction of sp³-hybridized carbons (Fsp3) is 0.533. The predicted octanol–water partition coefficient (Wildman–Crippen LogP) is 4.39. The summed E-state index contributed by atoms with van der Waals surface area (Å²) in [7, 11) is 0. The molecule has 1 fully saturated rings. The van der Waals surface area contributed by atoms with Gasteiger partial charge in [0.25, 0.3) is 0 Å². The van der Waals surface area contributed by atoms with Crippen LogP contribution in [0.15, 0.2) is 18.2 Å². The number of hydrogen-bond acceptors (Lipinski definition) is 2. The molecule has 0 amide bonds. The highest BCUT2D eigenvalue weighted by atomic mass is 19.4. The van der Waals surface area contributed by atoms with Gasteiger partial charge in [0, 0.05) is 11.7 Å². The molecule has 0 unspecified atom stereocenters. The number of anilines is 1.